The van der Waals surface area contributed by atoms with Crippen LogP contribution in [0.4, 0.5) is 5.69 Å². The Morgan fingerprint density at radius 3 is 3.00 bits per heavy atom. The zero-order chi connectivity index (χ0) is 12.3. The van der Waals surface area contributed by atoms with Crippen LogP contribution in [0.25, 0.3) is 0 Å². The second kappa shape index (κ2) is 5.52. The van der Waals surface area contributed by atoms with Gasteiger partial charge >= 0.3 is 0 Å². The molecule has 1 atom stereocenters. The van der Waals surface area contributed by atoms with Gasteiger partial charge in [-0.25, -0.2) is 0 Å². The van der Waals surface area contributed by atoms with Crippen LogP contribution in [0.3, 0.4) is 0 Å². The van der Waals surface area contributed by atoms with E-state index in [1.165, 1.54) is 11.1 Å². The molecule has 1 aromatic rings. The van der Waals surface area contributed by atoms with E-state index < -0.39 is 0 Å². The molecular formula is C14H22N2O. The molecule has 17 heavy (non-hydrogen) atoms. The summed E-state index contributed by atoms with van der Waals surface area (Å²) < 4.78 is 5.15. The topological polar surface area (TPSA) is 38.5 Å². The maximum atomic E-state index is 5.85. The van der Waals surface area contributed by atoms with Crippen molar-refractivity contribution in [2.75, 3.05) is 26.0 Å². The van der Waals surface area contributed by atoms with Gasteiger partial charge in [0.1, 0.15) is 0 Å². The highest BCUT2D eigenvalue weighted by Crippen LogP contribution is 2.23. The number of rotatable bonds is 4. The highest BCUT2D eigenvalue weighted by Gasteiger charge is 2.20. The van der Waals surface area contributed by atoms with Crippen molar-refractivity contribution in [1.29, 1.82) is 0 Å². The largest absolute Gasteiger partial charge is 0.399 e. The van der Waals surface area contributed by atoms with E-state index in [1.807, 2.05) is 6.07 Å². The molecule has 0 radical (unpaired) electrons. The lowest BCUT2D eigenvalue weighted by Gasteiger charge is -2.33. The lowest BCUT2D eigenvalue weighted by atomic mass is 9.97. The number of fused-ring (bicyclic) bond motifs is 1. The Hall–Kier alpha value is -1.06. The van der Waals surface area contributed by atoms with Crippen LogP contribution >= 0.6 is 0 Å². The molecule has 1 aliphatic heterocycles. The van der Waals surface area contributed by atoms with Crippen molar-refractivity contribution in [2.24, 2.45) is 0 Å². The molecule has 0 amide bonds. The smallest absolute Gasteiger partial charge is 0.0477 e. The number of methoxy groups -OCH3 is 1. The summed E-state index contributed by atoms with van der Waals surface area (Å²) in [6, 6.07) is 6.86. The summed E-state index contributed by atoms with van der Waals surface area (Å²) in [6.07, 6.45) is 2.22. The van der Waals surface area contributed by atoms with Gasteiger partial charge in [-0.2, -0.15) is 0 Å². The molecule has 94 valence electrons. The van der Waals surface area contributed by atoms with Crippen molar-refractivity contribution in [3.05, 3.63) is 29.3 Å². The first-order chi connectivity index (χ1) is 8.20. The van der Waals surface area contributed by atoms with E-state index in [0.29, 0.717) is 6.04 Å². The third-order valence-electron chi connectivity index (χ3n) is 3.64. The second-order valence-corrected chi connectivity index (χ2v) is 4.88. The normalized spacial score (nSPS) is 17.8. The molecule has 0 saturated heterocycles. The van der Waals surface area contributed by atoms with Crippen LogP contribution in [-0.2, 0) is 17.7 Å². The molecule has 1 unspecified atom stereocenters. The maximum absolute atomic E-state index is 5.85. The van der Waals surface area contributed by atoms with E-state index >= 15 is 0 Å². The summed E-state index contributed by atoms with van der Waals surface area (Å²) in [6.45, 7) is 5.27. The minimum absolute atomic E-state index is 0.574. The van der Waals surface area contributed by atoms with Crippen LogP contribution in [0.5, 0.6) is 0 Å². The van der Waals surface area contributed by atoms with Gasteiger partial charge in [-0.05, 0) is 43.0 Å². The fourth-order valence-electron chi connectivity index (χ4n) is 2.45. The quantitative estimate of drug-likeness (QED) is 0.810. The molecule has 0 fully saturated rings. The van der Waals surface area contributed by atoms with Gasteiger partial charge in [0.2, 0.25) is 0 Å². The van der Waals surface area contributed by atoms with Gasteiger partial charge in [0, 0.05) is 38.5 Å². The van der Waals surface area contributed by atoms with Gasteiger partial charge < -0.3 is 10.5 Å². The second-order valence-electron chi connectivity index (χ2n) is 4.88. The zero-order valence-electron chi connectivity index (χ0n) is 10.8. The SMILES string of the molecule is COCCC(C)N1CCc2ccc(N)cc2C1. The predicted octanol–water partition coefficient (Wildman–Crippen LogP) is 2.05. The third kappa shape index (κ3) is 2.99. The summed E-state index contributed by atoms with van der Waals surface area (Å²) in [5.74, 6) is 0. The number of nitrogen functional groups attached to an aromatic ring is 1. The number of ether oxygens (including phenoxy) is 1. The molecular weight excluding hydrogens is 212 g/mol. The first-order valence-corrected chi connectivity index (χ1v) is 6.31. The van der Waals surface area contributed by atoms with Crippen molar-refractivity contribution >= 4 is 5.69 Å². The lowest BCUT2D eigenvalue weighted by Crippen LogP contribution is -2.38. The predicted molar refractivity (Wildman–Crippen MR) is 70.9 cm³/mol. The van der Waals surface area contributed by atoms with Gasteiger partial charge in [0.25, 0.3) is 0 Å². The summed E-state index contributed by atoms with van der Waals surface area (Å²) in [5.41, 5.74) is 9.56. The van der Waals surface area contributed by atoms with E-state index in [1.54, 1.807) is 7.11 Å². The van der Waals surface area contributed by atoms with E-state index in [9.17, 15) is 0 Å². The van der Waals surface area contributed by atoms with Crippen LogP contribution in [0.1, 0.15) is 24.5 Å². The average Bonchev–Trinajstić information content (AvgIpc) is 2.35. The average molecular weight is 234 g/mol. The fourth-order valence-corrected chi connectivity index (χ4v) is 2.45. The van der Waals surface area contributed by atoms with E-state index in [0.717, 1.165) is 38.2 Å². The molecule has 3 heteroatoms. The molecule has 1 heterocycles. The van der Waals surface area contributed by atoms with Gasteiger partial charge in [-0.15, -0.1) is 0 Å². The number of nitrogens with zero attached hydrogens (tertiary/aromatic N) is 1. The summed E-state index contributed by atoms with van der Waals surface area (Å²) in [7, 11) is 1.76. The highest BCUT2D eigenvalue weighted by atomic mass is 16.5. The highest BCUT2D eigenvalue weighted by molar-refractivity contribution is 5.45. The molecule has 1 aliphatic rings. The molecule has 0 aromatic heterocycles. The molecule has 1 aromatic carbocycles. The summed E-state index contributed by atoms with van der Waals surface area (Å²) >= 11 is 0. The number of anilines is 1. The van der Waals surface area contributed by atoms with Crippen LogP contribution in [0.2, 0.25) is 0 Å². The van der Waals surface area contributed by atoms with E-state index in [-0.39, 0.29) is 0 Å². The molecule has 2 rings (SSSR count). The monoisotopic (exact) mass is 234 g/mol. The first-order valence-electron chi connectivity index (χ1n) is 6.31. The minimum atomic E-state index is 0.574. The van der Waals surface area contributed by atoms with Crippen LogP contribution in [0.15, 0.2) is 18.2 Å². The Balaban J connectivity index is 2.02. The fraction of sp³-hybridized carbons (Fsp3) is 0.571. The Bertz CT molecular complexity index is 378. The van der Waals surface area contributed by atoms with Crippen molar-refractivity contribution in [3.63, 3.8) is 0 Å². The third-order valence-corrected chi connectivity index (χ3v) is 3.64. The number of benzene rings is 1. The van der Waals surface area contributed by atoms with Gasteiger partial charge in [0.15, 0.2) is 0 Å². The summed E-state index contributed by atoms with van der Waals surface area (Å²) in [4.78, 5) is 2.51. The molecule has 0 bridgehead atoms. The van der Waals surface area contributed by atoms with Gasteiger partial charge in [0.05, 0.1) is 0 Å². The van der Waals surface area contributed by atoms with Gasteiger partial charge in [-0.3, -0.25) is 4.90 Å². The molecule has 0 spiro atoms. The van der Waals surface area contributed by atoms with Crippen molar-refractivity contribution in [1.82, 2.24) is 4.90 Å². The number of hydrogen-bond donors (Lipinski definition) is 1. The van der Waals surface area contributed by atoms with E-state index in [2.05, 4.69) is 24.0 Å². The van der Waals surface area contributed by atoms with Crippen LogP contribution < -0.4 is 5.73 Å². The standard InChI is InChI=1S/C14H22N2O/c1-11(6-8-17-2)16-7-5-12-3-4-14(15)9-13(12)10-16/h3-4,9,11H,5-8,10,15H2,1-2H3. The minimum Gasteiger partial charge on any atom is -0.399 e. The maximum Gasteiger partial charge on any atom is 0.0477 e. The lowest BCUT2D eigenvalue weighted by molar-refractivity contribution is 0.129. The van der Waals surface area contributed by atoms with Crippen LogP contribution in [0, 0.1) is 0 Å². The number of hydrogen-bond acceptors (Lipinski definition) is 3. The van der Waals surface area contributed by atoms with Crippen molar-refractivity contribution < 1.29 is 4.74 Å². The van der Waals surface area contributed by atoms with Crippen molar-refractivity contribution in [3.8, 4) is 0 Å². The Kier molecular flexibility index (Phi) is 4.02. The molecule has 3 nitrogen and oxygen atoms in total. The Labute approximate surface area is 104 Å². The van der Waals surface area contributed by atoms with Gasteiger partial charge in [-0.1, -0.05) is 6.07 Å². The number of nitrogens with two attached hydrogens (primary N) is 1. The van der Waals surface area contributed by atoms with E-state index in [4.69, 9.17) is 10.5 Å². The summed E-state index contributed by atoms with van der Waals surface area (Å²) in [5, 5.41) is 0. The first kappa shape index (κ1) is 12.4. The molecule has 2 N–H and O–H groups in total. The molecule has 0 saturated carbocycles. The molecule has 0 aliphatic carbocycles. The Morgan fingerprint density at radius 2 is 2.24 bits per heavy atom. The van der Waals surface area contributed by atoms with Crippen LogP contribution in [-0.4, -0.2) is 31.2 Å². The Morgan fingerprint density at radius 1 is 1.41 bits per heavy atom. The zero-order valence-corrected chi connectivity index (χ0v) is 10.8. The van der Waals surface area contributed by atoms with Crippen molar-refractivity contribution in [2.45, 2.75) is 32.4 Å².